The number of nitrogens with two attached hydrogens (primary N) is 1. The summed E-state index contributed by atoms with van der Waals surface area (Å²) in [4.78, 5) is 11.0. The van der Waals surface area contributed by atoms with Gasteiger partial charge in [-0.1, -0.05) is 35.9 Å². The topological polar surface area (TPSA) is 63.3 Å². The van der Waals surface area contributed by atoms with E-state index in [0.29, 0.717) is 17.0 Å². The third-order valence-corrected chi connectivity index (χ3v) is 3.45. The Morgan fingerprint density at radius 1 is 1.10 bits per heavy atom. The van der Waals surface area contributed by atoms with Crippen LogP contribution in [-0.4, -0.2) is 11.0 Å². The Morgan fingerprint density at radius 2 is 1.70 bits per heavy atom. The summed E-state index contributed by atoms with van der Waals surface area (Å²) >= 11 is 5.82. The van der Waals surface area contributed by atoms with E-state index in [4.69, 9.17) is 17.3 Å². The molecule has 2 aromatic carbocycles. The zero-order chi connectivity index (χ0) is 14.5. The Hall–Kier alpha value is -1.84. The van der Waals surface area contributed by atoms with Gasteiger partial charge in [-0.15, -0.1) is 0 Å². The van der Waals surface area contributed by atoms with Crippen LogP contribution in [0, 0.1) is 0 Å². The second kappa shape index (κ2) is 6.55. The van der Waals surface area contributed by atoms with Gasteiger partial charge < -0.3 is 10.8 Å². The van der Waals surface area contributed by atoms with Gasteiger partial charge in [-0.3, -0.25) is 4.79 Å². The first-order valence-electron chi connectivity index (χ1n) is 6.38. The van der Waals surface area contributed by atoms with Gasteiger partial charge in [-0.2, -0.15) is 0 Å². The molecule has 0 spiro atoms. The van der Waals surface area contributed by atoms with E-state index in [-0.39, 0.29) is 0 Å². The molecule has 0 aliphatic carbocycles. The molecule has 2 rings (SSSR count). The minimum atomic E-state index is -0.562. The lowest BCUT2D eigenvalue weighted by Crippen LogP contribution is -2.11. The van der Waals surface area contributed by atoms with Crippen molar-refractivity contribution in [2.75, 3.05) is 0 Å². The number of hydrogen-bond donors (Lipinski definition) is 2. The molecule has 3 N–H and O–H groups in total. The lowest BCUT2D eigenvalue weighted by molar-refractivity contribution is 0.1000. The van der Waals surface area contributed by atoms with Gasteiger partial charge in [-0.05, 0) is 48.2 Å². The number of aliphatic hydroxyl groups is 1. The molecule has 0 saturated carbocycles. The van der Waals surface area contributed by atoms with E-state index >= 15 is 0 Å². The molecule has 1 amide bonds. The van der Waals surface area contributed by atoms with E-state index in [2.05, 4.69) is 0 Å². The normalized spacial score (nSPS) is 12.1. The van der Waals surface area contributed by atoms with Crippen molar-refractivity contribution in [1.29, 1.82) is 0 Å². The summed E-state index contributed by atoms with van der Waals surface area (Å²) in [5.41, 5.74) is 7.53. The number of aliphatic hydroxyl groups excluding tert-OH is 1. The van der Waals surface area contributed by atoms with E-state index in [1.54, 1.807) is 24.3 Å². The van der Waals surface area contributed by atoms with Crippen molar-refractivity contribution in [3.63, 3.8) is 0 Å². The van der Waals surface area contributed by atoms with Crippen molar-refractivity contribution in [3.05, 3.63) is 70.2 Å². The molecule has 0 aromatic heterocycles. The van der Waals surface area contributed by atoms with Crippen LogP contribution in [0.4, 0.5) is 0 Å². The van der Waals surface area contributed by atoms with Crippen LogP contribution in [0.25, 0.3) is 0 Å². The molecule has 0 bridgehead atoms. The van der Waals surface area contributed by atoms with E-state index in [0.717, 1.165) is 17.5 Å². The molecular weight excluding hydrogens is 274 g/mol. The molecule has 20 heavy (non-hydrogen) atoms. The summed E-state index contributed by atoms with van der Waals surface area (Å²) in [6.45, 7) is 0. The smallest absolute Gasteiger partial charge is 0.248 e. The molecule has 3 nitrogen and oxygen atoms in total. The van der Waals surface area contributed by atoms with Crippen molar-refractivity contribution < 1.29 is 9.90 Å². The van der Waals surface area contributed by atoms with Crippen molar-refractivity contribution in [2.24, 2.45) is 5.73 Å². The highest BCUT2D eigenvalue weighted by molar-refractivity contribution is 6.30. The van der Waals surface area contributed by atoms with E-state index in [1.807, 2.05) is 24.3 Å². The number of hydrogen-bond acceptors (Lipinski definition) is 2. The maximum Gasteiger partial charge on any atom is 0.248 e. The second-order valence-electron chi connectivity index (χ2n) is 4.67. The van der Waals surface area contributed by atoms with Gasteiger partial charge in [0.25, 0.3) is 0 Å². The van der Waals surface area contributed by atoms with Crippen molar-refractivity contribution in [3.8, 4) is 0 Å². The van der Waals surface area contributed by atoms with Crippen molar-refractivity contribution in [1.82, 2.24) is 0 Å². The molecule has 0 saturated heterocycles. The quantitative estimate of drug-likeness (QED) is 0.888. The Labute approximate surface area is 123 Å². The second-order valence-corrected chi connectivity index (χ2v) is 5.10. The van der Waals surface area contributed by atoms with Crippen LogP contribution in [-0.2, 0) is 6.42 Å². The summed E-state index contributed by atoms with van der Waals surface area (Å²) in [6, 6.07) is 14.3. The van der Waals surface area contributed by atoms with Gasteiger partial charge in [0.2, 0.25) is 5.91 Å². The van der Waals surface area contributed by atoms with Crippen LogP contribution in [0.3, 0.4) is 0 Å². The van der Waals surface area contributed by atoms with Crippen LogP contribution in [0.1, 0.15) is 34.0 Å². The van der Waals surface area contributed by atoms with Crippen LogP contribution in [0.15, 0.2) is 48.5 Å². The lowest BCUT2D eigenvalue weighted by Gasteiger charge is -2.11. The molecule has 1 atom stereocenters. The third kappa shape index (κ3) is 3.83. The summed E-state index contributed by atoms with van der Waals surface area (Å²) in [6.07, 6.45) is 0.806. The lowest BCUT2D eigenvalue weighted by atomic mass is 10.0. The zero-order valence-corrected chi connectivity index (χ0v) is 11.7. The first kappa shape index (κ1) is 14.6. The van der Waals surface area contributed by atoms with Gasteiger partial charge >= 0.3 is 0 Å². The zero-order valence-electron chi connectivity index (χ0n) is 10.9. The fourth-order valence-electron chi connectivity index (χ4n) is 1.99. The summed E-state index contributed by atoms with van der Waals surface area (Å²) < 4.78 is 0. The first-order valence-corrected chi connectivity index (χ1v) is 6.76. The van der Waals surface area contributed by atoms with Gasteiger partial charge in [0, 0.05) is 10.6 Å². The van der Waals surface area contributed by atoms with Crippen molar-refractivity contribution >= 4 is 17.5 Å². The molecule has 104 valence electrons. The number of benzene rings is 2. The molecular formula is C16H16ClNO2. The van der Waals surface area contributed by atoms with Gasteiger partial charge in [0.05, 0.1) is 6.10 Å². The predicted octanol–water partition coefficient (Wildman–Crippen LogP) is 3.11. The maximum atomic E-state index is 11.0. The fraction of sp³-hybridized carbons (Fsp3) is 0.188. The fourth-order valence-corrected chi connectivity index (χ4v) is 2.12. The standard InChI is InChI=1S/C16H16ClNO2/c17-14-8-1-11(2-9-14)3-10-15(19)12-4-6-13(7-5-12)16(18)20/h1-2,4-9,15,19H,3,10H2,(H2,18,20). The maximum absolute atomic E-state index is 11.0. The van der Waals surface area contributed by atoms with Crippen LogP contribution < -0.4 is 5.73 Å². The molecule has 0 heterocycles. The number of aryl methyl sites for hydroxylation is 1. The highest BCUT2D eigenvalue weighted by Gasteiger charge is 2.09. The van der Waals surface area contributed by atoms with E-state index in [9.17, 15) is 9.90 Å². The van der Waals surface area contributed by atoms with Gasteiger partial charge in [0.15, 0.2) is 0 Å². The van der Waals surface area contributed by atoms with E-state index in [1.165, 1.54) is 0 Å². The average Bonchev–Trinajstić information content (AvgIpc) is 2.46. The monoisotopic (exact) mass is 289 g/mol. The van der Waals surface area contributed by atoms with Crippen molar-refractivity contribution in [2.45, 2.75) is 18.9 Å². The summed E-state index contributed by atoms with van der Waals surface area (Å²) in [5.74, 6) is -0.466. The minimum Gasteiger partial charge on any atom is -0.388 e. The Bertz CT molecular complexity index is 578. The number of carbonyl (C=O) groups is 1. The number of rotatable bonds is 5. The highest BCUT2D eigenvalue weighted by Crippen LogP contribution is 2.20. The largest absolute Gasteiger partial charge is 0.388 e. The number of primary amides is 1. The molecule has 0 fully saturated rings. The molecule has 1 unspecified atom stereocenters. The predicted molar refractivity (Wildman–Crippen MR) is 79.7 cm³/mol. The van der Waals surface area contributed by atoms with Gasteiger partial charge in [0.1, 0.15) is 0 Å². The SMILES string of the molecule is NC(=O)c1ccc(C(O)CCc2ccc(Cl)cc2)cc1. The first-order chi connectivity index (χ1) is 9.56. The highest BCUT2D eigenvalue weighted by atomic mass is 35.5. The number of halogens is 1. The average molecular weight is 290 g/mol. The Morgan fingerprint density at radius 3 is 2.25 bits per heavy atom. The van der Waals surface area contributed by atoms with E-state index < -0.39 is 12.0 Å². The summed E-state index contributed by atoms with van der Waals surface area (Å²) in [5, 5.41) is 10.8. The summed E-state index contributed by atoms with van der Waals surface area (Å²) in [7, 11) is 0. The Balaban J connectivity index is 1.95. The van der Waals surface area contributed by atoms with Gasteiger partial charge in [-0.25, -0.2) is 0 Å². The Kier molecular flexibility index (Phi) is 4.77. The third-order valence-electron chi connectivity index (χ3n) is 3.20. The molecule has 0 radical (unpaired) electrons. The van der Waals surface area contributed by atoms with Crippen LogP contribution >= 0.6 is 11.6 Å². The molecule has 0 aliphatic heterocycles. The molecule has 2 aromatic rings. The number of amides is 1. The van der Waals surface area contributed by atoms with Crippen LogP contribution in [0.5, 0.6) is 0 Å². The molecule has 4 heteroatoms. The van der Waals surface area contributed by atoms with Crippen LogP contribution in [0.2, 0.25) is 5.02 Å². The minimum absolute atomic E-state index is 0.443. The number of carbonyl (C=O) groups excluding carboxylic acids is 1. The molecule has 0 aliphatic rings.